The maximum Gasteiger partial charge on any atom is 0.146 e. The van der Waals surface area contributed by atoms with Gasteiger partial charge in [-0.3, -0.25) is 4.98 Å². The summed E-state index contributed by atoms with van der Waals surface area (Å²) >= 11 is 9.46. The van der Waals surface area contributed by atoms with Gasteiger partial charge in [0, 0.05) is 34.5 Å². The molecule has 5 heteroatoms. The van der Waals surface area contributed by atoms with Crippen molar-refractivity contribution in [3.63, 3.8) is 0 Å². The number of aromatic nitrogens is 1. The number of ether oxygens (including phenoxy) is 1. The second-order valence-corrected chi connectivity index (χ2v) is 5.14. The molecule has 2 N–H and O–H groups in total. The molecule has 0 aliphatic rings. The third-order valence-corrected chi connectivity index (χ3v) is 3.20. The van der Waals surface area contributed by atoms with E-state index in [1.165, 1.54) is 0 Å². The zero-order valence-electron chi connectivity index (χ0n) is 9.78. The molecular formula is C13H12BrClN2O. The van der Waals surface area contributed by atoms with Crippen LogP contribution in [0.1, 0.15) is 11.3 Å². The molecule has 0 saturated carbocycles. The second kappa shape index (κ2) is 5.69. The molecule has 0 atom stereocenters. The first kappa shape index (κ1) is 13.3. The number of pyridine rings is 1. The first-order valence-electron chi connectivity index (χ1n) is 5.38. The fourth-order valence-electron chi connectivity index (χ4n) is 1.49. The van der Waals surface area contributed by atoms with Crippen LogP contribution in [0.3, 0.4) is 0 Å². The van der Waals surface area contributed by atoms with Crippen LogP contribution in [0.2, 0.25) is 5.02 Å². The van der Waals surface area contributed by atoms with Gasteiger partial charge in [-0.05, 0) is 25.1 Å². The zero-order chi connectivity index (χ0) is 13.1. The zero-order valence-corrected chi connectivity index (χ0v) is 12.1. The van der Waals surface area contributed by atoms with Gasteiger partial charge in [0.15, 0.2) is 0 Å². The molecule has 2 aromatic rings. The van der Waals surface area contributed by atoms with Gasteiger partial charge in [-0.15, -0.1) is 0 Å². The van der Waals surface area contributed by atoms with E-state index < -0.39 is 0 Å². The van der Waals surface area contributed by atoms with Gasteiger partial charge in [0.2, 0.25) is 0 Å². The summed E-state index contributed by atoms with van der Waals surface area (Å²) in [6, 6.07) is 7.31. The molecule has 2 rings (SSSR count). The van der Waals surface area contributed by atoms with Crippen molar-refractivity contribution in [1.29, 1.82) is 0 Å². The van der Waals surface area contributed by atoms with Crippen LogP contribution in [-0.2, 0) is 6.54 Å². The lowest BCUT2D eigenvalue weighted by Crippen LogP contribution is -2.01. The molecule has 0 aliphatic heterocycles. The Morgan fingerprint density at radius 2 is 2.11 bits per heavy atom. The first-order chi connectivity index (χ1) is 8.60. The van der Waals surface area contributed by atoms with E-state index in [0.29, 0.717) is 23.1 Å². The Bertz CT molecular complexity index is 575. The van der Waals surface area contributed by atoms with Crippen LogP contribution in [0, 0.1) is 6.92 Å². The Kier molecular flexibility index (Phi) is 4.22. The number of benzene rings is 1. The van der Waals surface area contributed by atoms with E-state index in [0.717, 1.165) is 15.7 Å². The van der Waals surface area contributed by atoms with Crippen LogP contribution in [0.25, 0.3) is 0 Å². The number of rotatable bonds is 3. The maximum atomic E-state index is 6.11. The molecule has 0 amide bonds. The minimum Gasteiger partial charge on any atom is -0.455 e. The minimum atomic E-state index is 0.372. The van der Waals surface area contributed by atoms with Crippen molar-refractivity contribution in [2.45, 2.75) is 13.5 Å². The van der Waals surface area contributed by atoms with Gasteiger partial charge >= 0.3 is 0 Å². The molecule has 18 heavy (non-hydrogen) atoms. The van der Waals surface area contributed by atoms with E-state index in [-0.39, 0.29) is 0 Å². The van der Waals surface area contributed by atoms with Crippen molar-refractivity contribution in [2.75, 3.05) is 0 Å². The van der Waals surface area contributed by atoms with Gasteiger partial charge in [-0.2, -0.15) is 0 Å². The molecule has 1 aromatic heterocycles. The summed E-state index contributed by atoms with van der Waals surface area (Å²) < 4.78 is 6.70. The van der Waals surface area contributed by atoms with Crippen LogP contribution >= 0.6 is 27.5 Å². The Morgan fingerprint density at radius 1 is 1.33 bits per heavy atom. The van der Waals surface area contributed by atoms with Crippen LogP contribution in [-0.4, -0.2) is 4.98 Å². The number of hydrogen-bond donors (Lipinski definition) is 1. The molecule has 1 heterocycles. The molecule has 0 bridgehead atoms. The van der Waals surface area contributed by atoms with Crippen molar-refractivity contribution in [3.8, 4) is 11.5 Å². The van der Waals surface area contributed by atoms with Crippen LogP contribution in [0.5, 0.6) is 11.5 Å². The number of nitrogens with two attached hydrogens (primary N) is 1. The summed E-state index contributed by atoms with van der Waals surface area (Å²) in [4.78, 5) is 4.19. The van der Waals surface area contributed by atoms with E-state index in [1.54, 1.807) is 12.3 Å². The molecular weight excluding hydrogens is 316 g/mol. The Hall–Kier alpha value is -1.10. The third-order valence-electron chi connectivity index (χ3n) is 2.41. The standard InChI is InChI=1S/C13H12BrClN2O/c1-8-4-13(9(6-16)7-17-8)18-12-3-2-10(14)5-11(12)15/h2-5,7H,6,16H2,1H3. The minimum absolute atomic E-state index is 0.372. The lowest BCUT2D eigenvalue weighted by molar-refractivity contribution is 0.475. The number of halogens is 2. The molecule has 0 fully saturated rings. The summed E-state index contributed by atoms with van der Waals surface area (Å²) in [6.07, 6.45) is 1.72. The fourth-order valence-corrected chi connectivity index (χ4v) is 2.20. The third kappa shape index (κ3) is 3.02. The molecule has 0 spiro atoms. The Morgan fingerprint density at radius 3 is 2.78 bits per heavy atom. The smallest absolute Gasteiger partial charge is 0.146 e. The van der Waals surface area contributed by atoms with Gasteiger partial charge in [-0.1, -0.05) is 27.5 Å². The van der Waals surface area contributed by atoms with Crippen LogP contribution in [0.4, 0.5) is 0 Å². The summed E-state index contributed by atoms with van der Waals surface area (Å²) in [5.74, 6) is 1.29. The van der Waals surface area contributed by atoms with Gasteiger partial charge in [0.1, 0.15) is 11.5 Å². The van der Waals surface area contributed by atoms with E-state index in [9.17, 15) is 0 Å². The van der Waals surface area contributed by atoms with Crippen molar-refractivity contribution in [3.05, 3.63) is 51.2 Å². The summed E-state index contributed by atoms with van der Waals surface area (Å²) in [5, 5.41) is 0.543. The van der Waals surface area contributed by atoms with E-state index in [1.807, 2.05) is 25.1 Å². The van der Waals surface area contributed by atoms with E-state index >= 15 is 0 Å². The van der Waals surface area contributed by atoms with E-state index in [4.69, 9.17) is 22.1 Å². The predicted octanol–water partition coefficient (Wildman–Crippen LogP) is 4.06. The average molecular weight is 328 g/mol. The lowest BCUT2D eigenvalue weighted by atomic mass is 10.2. The largest absolute Gasteiger partial charge is 0.455 e. The van der Waals surface area contributed by atoms with Crippen molar-refractivity contribution < 1.29 is 4.74 Å². The molecule has 0 unspecified atom stereocenters. The molecule has 0 saturated heterocycles. The Labute approximate surface area is 119 Å². The van der Waals surface area contributed by atoms with E-state index in [2.05, 4.69) is 20.9 Å². The molecule has 0 radical (unpaired) electrons. The average Bonchev–Trinajstić information content (AvgIpc) is 2.33. The van der Waals surface area contributed by atoms with Crippen molar-refractivity contribution in [2.24, 2.45) is 5.73 Å². The lowest BCUT2D eigenvalue weighted by Gasteiger charge is -2.11. The van der Waals surface area contributed by atoms with Gasteiger partial charge < -0.3 is 10.5 Å². The summed E-state index contributed by atoms with van der Waals surface area (Å²) in [5.41, 5.74) is 7.37. The fraction of sp³-hybridized carbons (Fsp3) is 0.154. The van der Waals surface area contributed by atoms with Crippen molar-refractivity contribution >= 4 is 27.5 Å². The van der Waals surface area contributed by atoms with Gasteiger partial charge in [0.05, 0.1) is 5.02 Å². The van der Waals surface area contributed by atoms with Gasteiger partial charge in [0.25, 0.3) is 0 Å². The monoisotopic (exact) mass is 326 g/mol. The highest BCUT2D eigenvalue weighted by atomic mass is 79.9. The molecule has 0 aliphatic carbocycles. The predicted molar refractivity (Wildman–Crippen MR) is 76.1 cm³/mol. The topological polar surface area (TPSA) is 48.1 Å². The normalized spacial score (nSPS) is 10.4. The second-order valence-electron chi connectivity index (χ2n) is 3.81. The molecule has 1 aromatic carbocycles. The summed E-state index contributed by atoms with van der Waals surface area (Å²) in [7, 11) is 0. The quantitative estimate of drug-likeness (QED) is 0.925. The number of hydrogen-bond acceptors (Lipinski definition) is 3. The first-order valence-corrected chi connectivity index (χ1v) is 6.55. The summed E-state index contributed by atoms with van der Waals surface area (Å²) in [6.45, 7) is 2.27. The highest BCUT2D eigenvalue weighted by Gasteiger charge is 2.08. The number of aryl methyl sites for hydroxylation is 1. The maximum absolute atomic E-state index is 6.11. The molecule has 3 nitrogen and oxygen atoms in total. The Balaban J connectivity index is 2.36. The van der Waals surface area contributed by atoms with Crippen LogP contribution < -0.4 is 10.5 Å². The molecule has 94 valence electrons. The highest BCUT2D eigenvalue weighted by Crippen LogP contribution is 2.33. The number of nitrogens with zero attached hydrogens (tertiary/aromatic N) is 1. The van der Waals surface area contributed by atoms with Gasteiger partial charge in [-0.25, -0.2) is 0 Å². The highest BCUT2D eigenvalue weighted by molar-refractivity contribution is 9.10. The SMILES string of the molecule is Cc1cc(Oc2ccc(Br)cc2Cl)c(CN)cn1. The van der Waals surface area contributed by atoms with Crippen LogP contribution in [0.15, 0.2) is 34.9 Å². The van der Waals surface area contributed by atoms with Crippen molar-refractivity contribution in [1.82, 2.24) is 4.98 Å².